The van der Waals surface area contributed by atoms with Crippen molar-refractivity contribution in [1.82, 2.24) is 15.2 Å². The van der Waals surface area contributed by atoms with Crippen LogP contribution in [-0.2, 0) is 6.54 Å². The summed E-state index contributed by atoms with van der Waals surface area (Å²) in [4.78, 5) is 6.97. The predicted molar refractivity (Wildman–Crippen MR) is 92.7 cm³/mol. The Hall–Kier alpha value is -1.98. The zero-order chi connectivity index (χ0) is 17.1. The summed E-state index contributed by atoms with van der Waals surface area (Å²) < 4.78 is 19.1. The maximum atomic E-state index is 13.6. The molecular weight excluding hydrogens is 305 g/mol. The molecule has 0 saturated carbocycles. The van der Waals surface area contributed by atoms with E-state index in [9.17, 15) is 4.39 Å². The molecule has 0 spiro atoms. The van der Waals surface area contributed by atoms with Crippen molar-refractivity contribution >= 4 is 0 Å². The summed E-state index contributed by atoms with van der Waals surface area (Å²) in [6, 6.07) is 7.02. The average molecular weight is 329 g/mol. The smallest absolute Gasteiger partial charge is 0.128 e. The summed E-state index contributed by atoms with van der Waals surface area (Å²) >= 11 is 0. The van der Waals surface area contributed by atoms with Crippen LogP contribution in [0.1, 0.15) is 28.4 Å². The molecule has 1 aromatic carbocycles. The Balaban J connectivity index is 1.87. The lowest BCUT2D eigenvalue weighted by Gasteiger charge is -2.36. The van der Waals surface area contributed by atoms with Gasteiger partial charge in [0.05, 0.1) is 12.8 Å². The topological polar surface area (TPSA) is 37.4 Å². The highest BCUT2D eigenvalue weighted by atomic mass is 19.1. The molecule has 1 saturated heterocycles. The molecule has 0 radical (unpaired) electrons. The zero-order valence-electron chi connectivity index (χ0n) is 14.5. The molecule has 5 heteroatoms. The Morgan fingerprint density at radius 1 is 1.38 bits per heavy atom. The van der Waals surface area contributed by atoms with Crippen LogP contribution in [0.15, 0.2) is 30.5 Å². The van der Waals surface area contributed by atoms with Gasteiger partial charge in [-0.05, 0) is 31.5 Å². The molecular formula is C19H24FN3O. The van der Waals surface area contributed by atoms with Gasteiger partial charge in [-0.1, -0.05) is 12.1 Å². The van der Waals surface area contributed by atoms with Gasteiger partial charge in [-0.3, -0.25) is 9.88 Å². The van der Waals surface area contributed by atoms with Gasteiger partial charge in [-0.2, -0.15) is 0 Å². The second-order valence-corrected chi connectivity index (χ2v) is 6.29. The van der Waals surface area contributed by atoms with Crippen molar-refractivity contribution in [3.05, 3.63) is 58.7 Å². The van der Waals surface area contributed by atoms with Crippen molar-refractivity contribution < 1.29 is 9.13 Å². The van der Waals surface area contributed by atoms with Gasteiger partial charge in [0, 0.05) is 49.5 Å². The van der Waals surface area contributed by atoms with E-state index in [2.05, 4.69) is 15.2 Å². The molecule has 2 heterocycles. The quantitative estimate of drug-likeness (QED) is 0.936. The van der Waals surface area contributed by atoms with E-state index < -0.39 is 0 Å². The summed E-state index contributed by atoms with van der Waals surface area (Å²) in [7, 11) is 1.69. The van der Waals surface area contributed by atoms with Crippen molar-refractivity contribution in [3.63, 3.8) is 0 Å². The first-order valence-corrected chi connectivity index (χ1v) is 8.29. The number of aromatic nitrogens is 1. The van der Waals surface area contributed by atoms with E-state index in [4.69, 9.17) is 4.74 Å². The van der Waals surface area contributed by atoms with Gasteiger partial charge in [0.2, 0.25) is 0 Å². The first-order valence-electron chi connectivity index (χ1n) is 8.29. The van der Waals surface area contributed by atoms with E-state index in [0.717, 1.165) is 54.3 Å². The van der Waals surface area contributed by atoms with Gasteiger partial charge >= 0.3 is 0 Å². The van der Waals surface area contributed by atoms with Gasteiger partial charge in [0.1, 0.15) is 11.6 Å². The predicted octanol–water partition coefficient (Wildman–Crippen LogP) is 2.99. The third kappa shape index (κ3) is 3.42. The van der Waals surface area contributed by atoms with Crippen molar-refractivity contribution in [2.24, 2.45) is 0 Å². The van der Waals surface area contributed by atoms with E-state index >= 15 is 0 Å². The number of hydrogen-bond acceptors (Lipinski definition) is 4. The molecule has 0 bridgehead atoms. The highest BCUT2D eigenvalue weighted by Gasteiger charge is 2.25. The Kier molecular flexibility index (Phi) is 5.11. The van der Waals surface area contributed by atoms with Crippen molar-refractivity contribution in [3.8, 4) is 5.75 Å². The van der Waals surface area contributed by atoms with Crippen molar-refractivity contribution in [2.45, 2.75) is 26.4 Å². The van der Waals surface area contributed by atoms with E-state index in [1.165, 1.54) is 6.07 Å². The van der Waals surface area contributed by atoms with Crippen LogP contribution in [0.2, 0.25) is 0 Å². The third-order valence-corrected chi connectivity index (χ3v) is 4.69. The molecule has 1 atom stereocenters. The van der Waals surface area contributed by atoms with Crippen LogP contribution in [0.25, 0.3) is 0 Å². The summed E-state index contributed by atoms with van der Waals surface area (Å²) in [6.45, 7) is 7.42. The van der Waals surface area contributed by atoms with Crippen molar-refractivity contribution in [2.75, 3.05) is 26.7 Å². The van der Waals surface area contributed by atoms with Gasteiger partial charge in [-0.15, -0.1) is 0 Å². The van der Waals surface area contributed by atoms with E-state index in [-0.39, 0.29) is 11.9 Å². The normalized spacial score (nSPS) is 18.6. The molecule has 0 amide bonds. The van der Waals surface area contributed by atoms with Crippen LogP contribution in [0.4, 0.5) is 4.39 Å². The highest BCUT2D eigenvalue weighted by Crippen LogP contribution is 2.28. The van der Waals surface area contributed by atoms with Gasteiger partial charge < -0.3 is 10.1 Å². The molecule has 1 N–H and O–H groups in total. The van der Waals surface area contributed by atoms with Gasteiger partial charge in [0.15, 0.2) is 0 Å². The van der Waals surface area contributed by atoms with E-state index in [1.54, 1.807) is 19.2 Å². The van der Waals surface area contributed by atoms with Crippen molar-refractivity contribution in [1.29, 1.82) is 0 Å². The minimum Gasteiger partial charge on any atom is -0.496 e. The Morgan fingerprint density at radius 3 is 2.96 bits per heavy atom. The lowest BCUT2D eigenvalue weighted by molar-refractivity contribution is 0.151. The molecule has 1 aromatic heterocycles. The van der Waals surface area contributed by atoms with Gasteiger partial charge in [-0.25, -0.2) is 4.39 Å². The monoisotopic (exact) mass is 329 g/mol. The van der Waals surface area contributed by atoms with Crippen LogP contribution >= 0.6 is 0 Å². The Morgan fingerprint density at radius 2 is 2.21 bits per heavy atom. The lowest BCUT2D eigenvalue weighted by Crippen LogP contribution is -2.45. The molecule has 128 valence electrons. The summed E-state index contributed by atoms with van der Waals surface area (Å²) in [5.74, 6) is 0.710. The molecule has 2 aromatic rings. The standard InChI is InChI=1S/C19H24FN3O/c1-13-10-22-17(14(2)19(13)24-3)12-23-8-7-21-11-18(23)15-5-4-6-16(20)9-15/h4-6,9-10,18,21H,7-8,11-12H2,1-3H3. The van der Waals surface area contributed by atoms with Crippen LogP contribution in [0.5, 0.6) is 5.75 Å². The van der Waals surface area contributed by atoms with E-state index in [1.807, 2.05) is 26.1 Å². The number of nitrogens with one attached hydrogen (secondary N) is 1. The number of methoxy groups -OCH3 is 1. The molecule has 24 heavy (non-hydrogen) atoms. The Labute approximate surface area is 142 Å². The maximum absolute atomic E-state index is 13.6. The summed E-state index contributed by atoms with van der Waals surface area (Å²) in [6.07, 6.45) is 1.86. The molecule has 1 unspecified atom stereocenters. The van der Waals surface area contributed by atoms with Gasteiger partial charge in [0.25, 0.3) is 0 Å². The largest absolute Gasteiger partial charge is 0.496 e. The fraction of sp³-hybridized carbons (Fsp3) is 0.421. The summed E-state index contributed by atoms with van der Waals surface area (Å²) in [5, 5.41) is 3.41. The second-order valence-electron chi connectivity index (χ2n) is 6.29. The fourth-order valence-electron chi connectivity index (χ4n) is 3.40. The molecule has 4 nitrogen and oxygen atoms in total. The van der Waals surface area contributed by atoms with E-state index in [0.29, 0.717) is 0 Å². The lowest BCUT2D eigenvalue weighted by atomic mass is 10.0. The molecule has 3 rings (SSSR count). The maximum Gasteiger partial charge on any atom is 0.128 e. The SMILES string of the molecule is COc1c(C)cnc(CN2CCNCC2c2cccc(F)c2)c1C. The molecule has 1 aliphatic heterocycles. The first kappa shape index (κ1) is 16.9. The molecule has 1 aliphatic rings. The highest BCUT2D eigenvalue weighted by molar-refractivity contribution is 5.41. The minimum atomic E-state index is -0.190. The van der Waals surface area contributed by atoms with Crippen LogP contribution in [0, 0.1) is 19.7 Å². The number of pyridine rings is 1. The summed E-state index contributed by atoms with van der Waals surface area (Å²) in [5.41, 5.74) is 4.13. The number of nitrogens with zero attached hydrogens (tertiary/aromatic N) is 2. The van der Waals surface area contributed by atoms with Crippen LogP contribution in [0.3, 0.4) is 0 Å². The Bertz CT molecular complexity index is 720. The third-order valence-electron chi connectivity index (χ3n) is 4.69. The minimum absolute atomic E-state index is 0.142. The van der Waals surface area contributed by atoms with Crippen LogP contribution in [-0.4, -0.2) is 36.6 Å². The second kappa shape index (κ2) is 7.28. The number of hydrogen-bond donors (Lipinski definition) is 1. The molecule has 0 aliphatic carbocycles. The number of ether oxygens (including phenoxy) is 1. The number of halogens is 1. The number of benzene rings is 1. The number of aryl methyl sites for hydroxylation is 1. The fourth-order valence-corrected chi connectivity index (χ4v) is 3.40. The van der Waals surface area contributed by atoms with Crippen LogP contribution < -0.4 is 10.1 Å². The first-order chi connectivity index (χ1) is 11.6. The zero-order valence-corrected chi connectivity index (χ0v) is 14.5. The number of rotatable bonds is 4. The average Bonchev–Trinajstić information content (AvgIpc) is 2.58. The number of piperazine rings is 1. The molecule has 1 fully saturated rings.